The van der Waals surface area contributed by atoms with Gasteiger partial charge in [0.25, 0.3) is 0 Å². The highest BCUT2D eigenvalue weighted by atomic mass is 15.0. The van der Waals surface area contributed by atoms with E-state index in [0.717, 1.165) is 44.7 Å². The van der Waals surface area contributed by atoms with Gasteiger partial charge in [0.15, 0.2) is 0 Å². The van der Waals surface area contributed by atoms with Gasteiger partial charge in [-0.25, -0.2) is 0 Å². The van der Waals surface area contributed by atoms with Gasteiger partial charge in [-0.2, -0.15) is 5.26 Å². The lowest BCUT2D eigenvalue weighted by Crippen LogP contribution is -1.93. The lowest BCUT2D eigenvalue weighted by Gasteiger charge is -2.11. The first-order chi connectivity index (χ1) is 22.8. The summed E-state index contributed by atoms with van der Waals surface area (Å²) in [5.41, 5.74) is 11.8. The maximum absolute atomic E-state index is 10.2. The van der Waals surface area contributed by atoms with E-state index < -0.39 is 0 Å². The first kappa shape index (κ1) is 26.1. The molecule has 0 atom stereocenters. The second-order valence-electron chi connectivity index (χ2n) is 11.7. The first-order valence-corrected chi connectivity index (χ1v) is 15.5. The third kappa shape index (κ3) is 3.98. The molecule has 0 saturated heterocycles. The molecule has 0 amide bonds. The van der Waals surface area contributed by atoms with Crippen LogP contribution in [0.25, 0.3) is 77.2 Å². The molecule has 214 valence electrons. The highest BCUT2D eigenvalue weighted by molar-refractivity contribution is 6.12. The van der Waals surface area contributed by atoms with Crippen molar-refractivity contribution in [3.8, 4) is 39.7 Å². The Morgan fingerprint density at radius 3 is 1.37 bits per heavy atom. The van der Waals surface area contributed by atoms with Crippen LogP contribution in [-0.4, -0.2) is 9.13 Å². The van der Waals surface area contributed by atoms with Gasteiger partial charge < -0.3 is 9.13 Å². The van der Waals surface area contributed by atoms with Gasteiger partial charge in [-0.05, 0) is 89.5 Å². The van der Waals surface area contributed by atoms with Crippen LogP contribution >= 0.6 is 0 Å². The second-order valence-corrected chi connectivity index (χ2v) is 11.7. The number of rotatable bonds is 4. The Bertz CT molecular complexity index is 2630. The Hall–Kier alpha value is -6.37. The Labute approximate surface area is 266 Å². The Balaban J connectivity index is 1.22. The number of aromatic nitrogens is 2. The summed E-state index contributed by atoms with van der Waals surface area (Å²) in [6.45, 7) is 0. The summed E-state index contributed by atoms with van der Waals surface area (Å²) in [6.07, 6.45) is 0. The van der Waals surface area contributed by atoms with Crippen LogP contribution in [0.15, 0.2) is 164 Å². The number of nitriles is 1. The number of para-hydroxylation sites is 4. The van der Waals surface area contributed by atoms with E-state index in [9.17, 15) is 5.26 Å². The van der Waals surface area contributed by atoms with Crippen molar-refractivity contribution >= 4 is 43.6 Å². The largest absolute Gasteiger partial charge is 0.309 e. The van der Waals surface area contributed by atoms with Crippen molar-refractivity contribution in [3.05, 3.63) is 169 Å². The van der Waals surface area contributed by atoms with Gasteiger partial charge in [0.2, 0.25) is 0 Å². The van der Waals surface area contributed by atoms with Crippen LogP contribution < -0.4 is 0 Å². The molecule has 9 rings (SSSR count). The fraction of sp³-hybridized carbons (Fsp3) is 0. The van der Waals surface area contributed by atoms with Gasteiger partial charge in [-0.3, -0.25) is 0 Å². The molecule has 0 bridgehead atoms. The van der Waals surface area contributed by atoms with Crippen LogP contribution in [0.5, 0.6) is 0 Å². The second kappa shape index (κ2) is 10.4. The van der Waals surface area contributed by atoms with E-state index in [-0.39, 0.29) is 0 Å². The van der Waals surface area contributed by atoms with E-state index in [0.29, 0.717) is 5.56 Å². The van der Waals surface area contributed by atoms with Gasteiger partial charge in [-0.15, -0.1) is 0 Å². The van der Waals surface area contributed by atoms with Crippen molar-refractivity contribution in [2.45, 2.75) is 0 Å². The maximum atomic E-state index is 10.2. The maximum Gasteiger partial charge on any atom is 0.0998 e. The SMILES string of the molecule is N#Cc1ccc(-c2ccc3c(c2)c2ccccc2n3-c2ccccc2)cc1-c1ccc2c(c1)c1ccccc1n2-c1ccccc1. The molecule has 0 aliphatic heterocycles. The standard InChI is InChI=1S/C43H27N3/c44-28-32-20-19-29(30-21-23-42-38(26-30)35-15-7-9-17-40(35)45(42)33-11-3-1-4-12-33)25-37(32)31-22-24-43-39(27-31)36-16-8-10-18-41(36)46(43)34-13-5-2-6-14-34/h1-27H. The molecular formula is C43H27N3. The molecule has 0 unspecified atom stereocenters. The van der Waals surface area contributed by atoms with Crippen molar-refractivity contribution < 1.29 is 0 Å². The van der Waals surface area contributed by atoms with Crippen LogP contribution in [0.2, 0.25) is 0 Å². The third-order valence-electron chi connectivity index (χ3n) is 9.16. The van der Waals surface area contributed by atoms with Crippen LogP contribution in [0.3, 0.4) is 0 Å². The minimum Gasteiger partial charge on any atom is -0.309 e. The van der Waals surface area contributed by atoms with Crippen molar-refractivity contribution in [2.75, 3.05) is 0 Å². The zero-order valence-corrected chi connectivity index (χ0v) is 24.9. The Morgan fingerprint density at radius 1 is 0.370 bits per heavy atom. The van der Waals surface area contributed by atoms with E-state index in [1.54, 1.807) is 0 Å². The normalized spacial score (nSPS) is 11.5. The van der Waals surface area contributed by atoms with E-state index in [1.807, 2.05) is 12.1 Å². The van der Waals surface area contributed by atoms with Crippen molar-refractivity contribution in [1.82, 2.24) is 9.13 Å². The van der Waals surface area contributed by atoms with Crippen LogP contribution in [-0.2, 0) is 0 Å². The molecule has 0 saturated carbocycles. The minimum atomic E-state index is 0.664. The summed E-state index contributed by atoms with van der Waals surface area (Å²) in [6, 6.07) is 60.1. The van der Waals surface area contributed by atoms with Crippen molar-refractivity contribution in [1.29, 1.82) is 5.26 Å². The molecule has 0 aliphatic carbocycles. The van der Waals surface area contributed by atoms with E-state index >= 15 is 0 Å². The number of benzene rings is 7. The smallest absolute Gasteiger partial charge is 0.0998 e. The molecule has 0 radical (unpaired) electrons. The van der Waals surface area contributed by atoms with Crippen molar-refractivity contribution in [3.63, 3.8) is 0 Å². The molecule has 7 aromatic carbocycles. The molecule has 9 aromatic rings. The average molecular weight is 586 g/mol. The monoisotopic (exact) mass is 585 g/mol. The number of hydrogen-bond acceptors (Lipinski definition) is 1. The molecule has 46 heavy (non-hydrogen) atoms. The summed E-state index contributed by atoms with van der Waals surface area (Å²) in [5.74, 6) is 0. The lowest BCUT2D eigenvalue weighted by molar-refractivity contribution is 1.18. The number of hydrogen-bond donors (Lipinski definition) is 0. The summed E-state index contributed by atoms with van der Waals surface area (Å²) in [7, 11) is 0. The zero-order valence-electron chi connectivity index (χ0n) is 24.9. The van der Waals surface area contributed by atoms with E-state index in [1.165, 1.54) is 32.6 Å². The van der Waals surface area contributed by atoms with E-state index in [2.05, 4.69) is 167 Å². The summed E-state index contributed by atoms with van der Waals surface area (Å²) >= 11 is 0. The predicted octanol–water partition coefficient (Wildman–Crippen LogP) is 11.1. The highest BCUT2D eigenvalue weighted by Gasteiger charge is 2.16. The highest BCUT2D eigenvalue weighted by Crippen LogP contribution is 2.39. The molecule has 0 N–H and O–H groups in total. The molecular weight excluding hydrogens is 558 g/mol. The molecule has 0 fully saturated rings. The third-order valence-corrected chi connectivity index (χ3v) is 9.16. The van der Waals surface area contributed by atoms with Gasteiger partial charge in [0, 0.05) is 38.5 Å². The Kier molecular flexibility index (Phi) is 5.88. The van der Waals surface area contributed by atoms with Gasteiger partial charge >= 0.3 is 0 Å². The molecule has 0 spiro atoms. The number of nitrogens with zero attached hydrogens (tertiary/aromatic N) is 3. The molecule has 0 aliphatic rings. The molecule has 2 aromatic heterocycles. The average Bonchev–Trinajstić information content (AvgIpc) is 3.64. The van der Waals surface area contributed by atoms with Gasteiger partial charge in [-0.1, -0.05) is 91.0 Å². The zero-order chi connectivity index (χ0) is 30.6. The molecule has 3 heteroatoms. The van der Waals surface area contributed by atoms with Crippen molar-refractivity contribution in [2.24, 2.45) is 0 Å². The summed E-state index contributed by atoms with van der Waals surface area (Å²) in [5, 5.41) is 15.0. The lowest BCUT2D eigenvalue weighted by atomic mass is 9.93. The van der Waals surface area contributed by atoms with Crippen LogP contribution in [0, 0.1) is 11.3 Å². The van der Waals surface area contributed by atoms with Gasteiger partial charge in [0.1, 0.15) is 0 Å². The summed E-state index contributed by atoms with van der Waals surface area (Å²) in [4.78, 5) is 0. The number of fused-ring (bicyclic) bond motifs is 6. The molecule has 3 nitrogen and oxygen atoms in total. The van der Waals surface area contributed by atoms with Crippen LogP contribution in [0.4, 0.5) is 0 Å². The predicted molar refractivity (Wildman–Crippen MR) is 191 cm³/mol. The molecule has 2 heterocycles. The first-order valence-electron chi connectivity index (χ1n) is 15.5. The van der Waals surface area contributed by atoms with Gasteiger partial charge in [0.05, 0.1) is 33.7 Å². The summed E-state index contributed by atoms with van der Waals surface area (Å²) < 4.78 is 4.65. The topological polar surface area (TPSA) is 33.6 Å². The fourth-order valence-electron chi connectivity index (χ4n) is 7.06. The fourth-order valence-corrected chi connectivity index (χ4v) is 7.06. The Morgan fingerprint density at radius 2 is 0.804 bits per heavy atom. The van der Waals surface area contributed by atoms with E-state index in [4.69, 9.17) is 0 Å². The van der Waals surface area contributed by atoms with Crippen LogP contribution in [0.1, 0.15) is 5.56 Å². The quantitative estimate of drug-likeness (QED) is 0.202. The minimum absolute atomic E-state index is 0.664.